The Bertz CT molecular complexity index is 1270. The lowest BCUT2D eigenvalue weighted by Crippen LogP contribution is -2.24. The number of carbonyl (C=O) groups is 2. The van der Waals surface area contributed by atoms with Gasteiger partial charge in [0, 0.05) is 12.1 Å². The van der Waals surface area contributed by atoms with Crippen LogP contribution in [0.15, 0.2) is 71.8 Å². The van der Waals surface area contributed by atoms with E-state index in [-0.39, 0.29) is 18.0 Å². The fraction of sp³-hybridized carbons (Fsp3) is 0.222. The quantitative estimate of drug-likeness (QED) is 0.0864. The first-order valence-electron chi connectivity index (χ1n) is 11.7. The number of hydrogen-bond donors (Lipinski definition) is 1. The van der Waals surface area contributed by atoms with Gasteiger partial charge in [-0.2, -0.15) is 5.10 Å². The fourth-order valence-electron chi connectivity index (χ4n) is 3.05. The van der Waals surface area contributed by atoms with Gasteiger partial charge < -0.3 is 18.9 Å². The number of unbranched alkanes of at least 4 members (excludes halogenated alkanes) is 1. The van der Waals surface area contributed by atoms with Crippen molar-refractivity contribution in [2.24, 2.45) is 5.10 Å². The SMILES string of the molecule is CCCCOc1ccc(C(=O)Oc2ccc(/C=N/NC(=O)COc3ccc([N+](=O)[O-])cc3)cc2OC)cc1. The first-order valence-corrected chi connectivity index (χ1v) is 11.7. The van der Waals surface area contributed by atoms with Crippen LogP contribution in [0.25, 0.3) is 0 Å². The molecule has 0 unspecified atom stereocenters. The predicted octanol–water partition coefficient (Wildman–Crippen LogP) is 4.53. The normalized spacial score (nSPS) is 10.6. The highest BCUT2D eigenvalue weighted by molar-refractivity contribution is 5.92. The maximum Gasteiger partial charge on any atom is 0.343 e. The molecule has 0 aromatic heterocycles. The Morgan fingerprint density at radius 3 is 2.32 bits per heavy atom. The van der Waals surface area contributed by atoms with Crippen LogP contribution < -0.4 is 24.4 Å². The summed E-state index contributed by atoms with van der Waals surface area (Å²) in [5, 5.41) is 14.5. The summed E-state index contributed by atoms with van der Waals surface area (Å²) in [5.41, 5.74) is 3.18. The molecule has 0 fully saturated rings. The molecule has 198 valence electrons. The Balaban J connectivity index is 1.51. The fourth-order valence-corrected chi connectivity index (χ4v) is 3.05. The van der Waals surface area contributed by atoms with E-state index in [0.717, 1.165) is 12.8 Å². The van der Waals surface area contributed by atoms with E-state index in [9.17, 15) is 19.7 Å². The zero-order valence-corrected chi connectivity index (χ0v) is 20.9. The van der Waals surface area contributed by atoms with E-state index in [0.29, 0.717) is 35.0 Å². The molecule has 0 aliphatic carbocycles. The summed E-state index contributed by atoms with van der Waals surface area (Å²) in [4.78, 5) is 34.7. The maximum absolute atomic E-state index is 12.6. The van der Waals surface area contributed by atoms with Crippen LogP contribution in [0.5, 0.6) is 23.0 Å². The molecule has 11 heteroatoms. The van der Waals surface area contributed by atoms with Gasteiger partial charge in [-0.05, 0) is 66.6 Å². The van der Waals surface area contributed by atoms with Crippen molar-refractivity contribution in [3.8, 4) is 23.0 Å². The van der Waals surface area contributed by atoms with Crippen LogP contribution in [0.1, 0.15) is 35.7 Å². The molecule has 0 aliphatic heterocycles. The van der Waals surface area contributed by atoms with Crippen molar-refractivity contribution in [3.63, 3.8) is 0 Å². The van der Waals surface area contributed by atoms with Gasteiger partial charge in [-0.3, -0.25) is 14.9 Å². The Kier molecular flexibility index (Phi) is 10.2. The predicted molar refractivity (Wildman–Crippen MR) is 139 cm³/mol. The number of ether oxygens (including phenoxy) is 4. The number of nitro groups is 1. The average Bonchev–Trinajstić information content (AvgIpc) is 2.93. The van der Waals surface area contributed by atoms with Crippen LogP contribution in [-0.2, 0) is 4.79 Å². The summed E-state index contributed by atoms with van der Waals surface area (Å²) < 4.78 is 21.7. The van der Waals surface area contributed by atoms with Gasteiger partial charge in [0.05, 0.1) is 30.4 Å². The second kappa shape index (κ2) is 14.0. The van der Waals surface area contributed by atoms with Gasteiger partial charge in [0.25, 0.3) is 11.6 Å². The third kappa shape index (κ3) is 8.33. The van der Waals surface area contributed by atoms with Crippen LogP contribution in [0.4, 0.5) is 5.69 Å². The third-order valence-corrected chi connectivity index (χ3v) is 5.07. The van der Waals surface area contributed by atoms with Crippen molar-refractivity contribution in [2.45, 2.75) is 19.8 Å². The van der Waals surface area contributed by atoms with Crippen molar-refractivity contribution >= 4 is 23.8 Å². The lowest BCUT2D eigenvalue weighted by atomic mass is 10.2. The first kappa shape index (κ1) is 27.7. The second-order valence-electron chi connectivity index (χ2n) is 7.86. The smallest absolute Gasteiger partial charge is 0.343 e. The van der Waals surface area contributed by atoms with Crippen molar-refractivity contribution < 1.29 is 33.5 Å². The van der Waals surface area contributed by atoms with Crippen LogP contribution in [0.3, 0.4) is 0 Å². The highest BCUT2D eigenvalue weighted by Gasteiger charge is 2.13. The number of rotatable bonds is 13. The standard InChI is InChI=1S/C27H27N3O8/c1-3-4-15-36-22-10-6-20(7-11-22)27(32)38-24-14-5-19(16-25(24)35-2)17-28-29-26(31)18-37-23-12-8-21(9-13-23)30(33)34/h5-14,16-17H,3-4,15,18H2,1-2H3,(H,29,31)/b28-17+. The van der Waals surface area contributed by atoms with E-state index < -0.39 is 16.8 Å². The summed E-state index contributed by atoms with van der Waals surface area (Å²) in [6, 6.07) is 16.8. The van der Waals surface area contributed by atoms with Gasteiger partial charge in [-0.1, -0.05) is 13.3 Å². The van der Waals surface area contributed by atoms with Gasteiger partial charge >= 0.3 is 5.97 Å². The Morgan fingerprint density at radius 2 is 1.66 bits per heavy atom. The van der Waals surface area contributed by atoms with E-state index in [1.807, 2.05) is 0 Å². The van der Waals surface area contributed by atoms with Gasteiger partial charge in [-0.25, -0.2) is 10.2 Å². The molecule has 0 heterocycles. The van der Waals surface area contributed by atoms with E-state index in [1.165, 1.54) is 37.6 Å². The summed E-state index contributed by atoms with van der Waals surface area (Å²) in [6.45, 7) is 2.37. The highest BCUT2D eigenvalue weighted by Crippen LogP contribution is 2.28. The van der Waals surface area contributed by atoms with Crippen LogP contribution in [0.2, 0.25) is 0 Å². The first-order chi connectivity index (χ1) is 18.4. The minimum Gasteiger partial charge on any atom is -0.494 e. The molecule has 0 aliphatic rings. The number of nitrogens with zero attached hydrogens (tertiary/aromatic N) is 2. The molecule has 3 aromatic rings. The van der Waals surface area contributed by atoms with Gasteiger partial charge in [0.2, 0.25) is 0 Å². The largest absolute Gasteiger partial charge is 0.494 e. The number of nitro benzene ring substituents is 1. The minimum absolute atomic E-state index is 0.0791. The topological polar surface area (TPSA) is 139 Å². The number of methoxy groups -OCH3 is 1. The Hall–Kier alpha value is -4.93. The minimum atomic E-state index is -0.551. The van der Waals surface area contributed by atoms with Crippen LogP contribution in [-0.4, -0.2) is 43.3 Å². The molecule has 0 saturated heterocycles. The third-order valence-electron chi connectivity index (χ3n) is 5.07. The highest BCUT2D eigenvalue weighted by atomic mass is 16.6. The van der Waals surface area contributed by atoms with E-state index in [4.69, 9.17) is 18.9 Å². The maximum atomic E-state index is 12.6. The summed E-state index contributed by atoms with van der Waals surface area (Å²) in [5.74, 6) is 0.430. The molecule has 3 rings (SSSR count). The number of amides is 1. The Morgan fingerprint density at radius 1 is 0.974 bits per heavy atom. The van der Waals surface area contributed by atoms with Crippen LogP contribution in [0, 0.1) is 10.1 Å². The number of hydrazone groups is 1. The lowest BCUT2D eigenvalue weighted by Gasteiger charge is -2.10. The van der Waals surface area contributed by atoms with Gasteiger partial charge in [0.1, 0.15) is 11.5 Å². The molecular formula is C27H27N3O8. The Labute approximate surface area is 219 Å². The molecule has 0 atom stereocenters. The van der Waals surface area contributed by atoms with Crippen molar-refractivity contribution in [2.75, 3.05) is 20.3 Å². The number of non-ortho nitro benzene ring substituents is 1. The zero-order valence-electron chi connectivity index (χ0n) is 20.9. The zero-order chi connectivity index (χ0) is 27.3. The van der Waals surface area contributed by atoms with Crippen molar-refractivity contribution in [1.29, 1.82) is 0 Å². The average molecular weight is 522 g/mol. The molecule has 0 bridgehead atoms. The molecule has 0 radical (unpaired) electrons. The van der Waals surface area contributed by atoms with Gasteiger partial charge in [-0.15, -0.1) is 0 Å². The number of carbonyl (C=O) groups excluding carboxylic acids is 2. The molecule has 1 amide bonds. The monoisotopic (exact) mass is 521 g/mol. The molecule has 3 aromatic carbocycles. The van der Waals surface area contributed by atoms with Gasteiger partial charge in [0.15, 0.2) is 18.1 Å². The van der Waals surface area contributed by atoms with E-state index in [2.05, 4.69) is 17.5 Å². The summed E-state index contributed by atoms with van der Waals surface area (Å²) in [6.07, 6.45) is 3.37. The molecule has 1 N–H and O–H groups in total. The molecule has 11 nitrogen and oxygen atoms in total. The molecule has 0 spiro atoms. The van der Waals surface area contributed by atoms with E-state index in [1.54, 1.807) is 42.5 Å². The summed E-state index contributed by atoms with van der Waals surface area (Å²) >= 11 is 0. The summed E-state index contributed by atoms with van der Waals surface area (Å²) in [7, 11) is 1.44. The number of esters is 1. The van der Waals surface area contributed by atoms with Crippen molar-refractivity contribution in [3.05, 3.63) is 88.0 Å². The molecule has 0 saturated carbocycles. The number of hydrogen-bond acceptors (Lipinski definition) is 9. The number of benzene rings is 3. The second-order valence-corrected chi connectivity index (χ2v) is 7.86. The number of nitrogens with one attached hydrogen (secondary N) is 1. The molecular weight excluding hydrogens is 494 g/mol. The van der Waals surface area contributed by atoms with Crippen LogP contribution >= 0.6 is 0 Å². The lowest BCUT2D eigenvalue weighted by molar-refractivity contribution is -0.384. The van der Waals surface area contributed by atoms with E-state index >= 15 is 0 Å². The molecule has 38 heavy (non-hydrogen) atoms. The van der Waals surface area contributed by atoms with Crippen molar-refractivity contribution in [1.82, 2.24) is 5.43 Å².